The van der Waals surface area contributed by atoms with Gasteiger partial charge in [0.15, 0.2) is 11.6 Å². The van der Waals surface area contributed by atoms with Crippen molar-refractivity contribution in [3.8, 4) is 11.4 Å². The standard InChI is InChI=1S/C23H21FN4S/c24-20-17(10-12-25-19(20)14-15-6-2-1-3-7-15)22-27-18-11-13-29-21(18)23(28-22)26-16-8-4-5-9-16/h1-3,6-7,10-13,16H,4-5,8-9,14H2,(H,26,27,28). The molecule has 3 heterocycles. The number of halogens is 1. The van der Waals surface area contributed by atoms with Gasteiger partial charge < -0.3 is 5.32 Å². The summed E-state index contributed by atoms with van der Waals surface area (Å²) in [6.45, 7) is 0. The van der Waals surface area contributed by atoms with Crippen LogP contribution in [-0.2, 0) is 6.42 Å². The summed E-state index contributed by atoms with van der Waals surface area (Å²) < 4.78 is 16.4. The van der Waals surface area contributed by atoms with E-state index in [9.17, 15) is 0 Å². The van der Waals surface area contributed by atoms with Crippen molar-refractivity contribution in [2.24, 2.45) is 0 Å². The molecule has 0 unspecified atom stereocenters. The van der Waals surface area contributed by atoms with Gasteiger partial charge in [0.1, 0.15) is 5.82 Å². The zero-order valence-electron chi connectivity index (χ0n) is 15.9. The lowest BCUT2D eigenvalue weighted by Crippen LogP contribution is -2.16. The maximum absolute atomic E-state index is 15.3. The molecule has 1 aliphatic carbocycles. The Labute approximate surface area is 172 Å². The number of nitrogens with zero attached hydrogens (tertiary/aromatic N) is 3. The van der Waals surface area contributed by atoms with Gasteiger partial charge in [0, 0.05) is 18.7 Å². The van der Waals surface area contributed by atoms with Crippen LogP contribution >= 0.6 is 11.3 Å². The molecule has 0 atom stereocenters. The van der Waals surface area contributed by atoms with Gasteiger partial charge in [-0.1, -0.05) is 43.2 Å². The quantitative estimate of drug-likeness (QED) is 0.454. The third-order valence-corrected chi connectivity index (χ3v) is 6.33. The largest absolute Gasteiger partial charge is 0.366 e. The first-order valence-electron chi connectivity index (χ1n) is 9.97. The van der Waals surface area contributed by atoms with E-state index in [1.54, 1.807) is 23.6 Å². The summed E-state index contributed by atoms with van der Waals surface area (Å²) in [5, 5.41) is 5.58. The van der Waals surface area contributed by atoms with Crippen LogP contribution < -0.4 is 5.32 Å². The minimum absolute atomic E-state index is 0.349. The SMILES string of the molecule is Fc1c(-c2nc(NC3CCCC3)c3sccc3n2)ccnc1Cc1ccccc1. The maximum atomic E-state index is 15.3. The molecule has 1 aromatic carbocycles. The number of fused-ring (bicyclic) bond motifs is 1. The fraction of sp³-hybridized carbons (Fsp3) is 0.261. The molecular formula is C23H21FN4S. The molecule has 0 saturated heterocycles. The molecule has 1 saturated carbocycles. The normalized spacial score (nSPS) is 14.5. The lowest BCUT2D eigenvalue weighted by atomic mass is 10.1. The summed E-state index contributed by atoms with van der Waals surface area (Å²) in [7, 11) is 0. The number of thiophene rings is 1. The third kappa shape index (κ3) is 3.72. The van der Waals surface area contributed by atoms with Crippen LogP contribution in [0.5, 0.6) is 0 Å². The van der Waals surface area contributed by atoms with Crippen molar-refractivity contribution in [3.63, 3.8) is 0 Å². The van der Waals surface area contributed by atoms with Crippen molar-refractivity contribution >= 4 is 27.4 Å². The van der Waals surface area contributed by atoms with E-state index in [4.69, 9.17) is 4.98 Å². The van der Waals surface area contributed by atoms with Crippen molar-refractivity contribution in [3.05, 3.63) is 71.1 Å². The van der Waals surface area contributed by atoms with Gasteiger partial charge in [0.2, 0.25) is 0 Å². The van der Waals surface area contributed by atoms with Crippen LogP contribution in [0.2, 0.25) is 0 Å². The van der Waals surface area contributed by atoms with Gasteiger partial charge in [-0.15, -0.1) is 11.3 Å². The van der Waals surface area contributed by atoms with Crippen molar-refractivity contribution in [2.75, 3.05) is 5.32 Å². The molecule has 1 fully saturated rings. The van der Waals surface area contributed by atoms with Crippen LogP contribution in [0.25, 0.3) is 21.6 Å². The van der Waals surface area contributed by atoms with E-state index in [0.29, 0.717) is 29.5 Å². The molecule has 0 spiro atoms. The lowest BCUT2D eigenvalue weighted by molar-refractivity contribution is 0.606. The molecule has 1 aliphatic rings. The van der Waals surface area contributed by atoms with Gasteiger partial charge in [-0.05, 0) is 35.9 Å². The predicted octanol–water partition coefficient (Wildman–Crippen LogP) is 5.84. The number of pyridine rings is 1. The first-order valence-corrected chi connectivity index (χ1v) is 10.9. The Balaban J connectivity index is 1.54. The van der Waals surface area contributed by atoms with E-state index in [0.717, 1.165) is 34.4 Å². The maximum Gasteiger partial charge on any atom is 0.165 e. The summed E-state index contributed by atoms with van der Waals surface area (Å²) in [5.74, 6) is 0.871. The Morgan fingerprint density at radius 3 is 2.69 bits per heavy atom. The topological polar surface area (TPSA) is 50.7 Å². The van der Waals surface area contributed by atoms with E-state index in [2.05, 4.69) is 15.3 Å². The molecule has 146 valence electrons. The van der Waals surface area contributed by atoms with Gasteiger partial charge in [-0.25, -0.2) is 14.4 Å². The van der Waals surface area contributed by atoms with Crippen LogP contribution in [0, 0.1) is 5.82 Å². The number of anilines is 1. The highest BCUT2D eigenvalue weighted by atomic mass is 32.1. The Kier molecular flexibility index (Phi) is 4.94. The summed E-state index contributed by atoms with van der Waals surface area (Å²) in [6, 6.07) is 13.9. The zero-order valence-corrected chi connectivity index (χ0v) is 16.8. The number of hydrogen-bond acceptors (Lipinski definition) is 5. The minimum atomic E-state index is -0.349. The molecule has 29 heavy (non-hydrogen) atoms. The van der Waals surface area contributed by atoms with Gasteiger partial charge in [-0.3, -0.25) is 4.98 Å². The highest BCUT2D eigenvalue weighted by Crippen LogP contribution is 2.32. The second-order valence-electron chi connectivity index (χ2n) is 7.44. The highest BCUT2D eigenvalue weighted by Gasteiger charge is 2.20. The average Bonchev–Trinajstić information content (AvgIpc) is 3.42. The van der Waals surface area contributed by atoms with Crippen LogP contribution in [0.4, 0.5) is 10.2 Å². The Bertz CT molecular complexity index is 1140. The summed E-state index contributed by atoms with van der Waals surface area (Å²) in [4.78, 5) is 13.7. The van der Waals surface area contributed by atoms with Crippen molar-refractivity contribution in [1.29, 1.82) is 0 Å². The molecule has 0 radical (unpaired) electrons. The summed E-state index contributed by atoms with van der Waals surface area (Å²) in [5.41, 5.74) is 2.68. The van der Waals surface area contributed by atoms with Crippen molar-refractivity contribution in [2.45, 2.75) is 38.1 Å². The van der Waals surface area contributed by atoms with E-state index in [1.165, 1.54) is 12.8 Å². The first kappa shape index (κ1) is 18.2. The van der Waals surface area contributed by atoms with E-state index in [1.807, 2.05) is 41.8 Å². The van der Waals surface area contributed by atoms with Gasteiger partial charge in [-0.2, -0.15) is 0 Å². The summed E-state index contributed by atoms with van der Waals surface area (Å²) >= 11 is 1.62. The van der Waals surface area contributed by atoms with E-state index >= 15 is 4.39 Å². The highest BCUT2D eigenvalue weighted by molar-refractivity contribution is 7.17. The van der Waals surface area contributed by atoms with Gasteiger partial charge in [0.25, 0.3) is 0 Å². The zero-order chi connectivity index (χ0) is 19.6. The number of aromatic nitrogens is 3. The summed E-state index contributed by atoms with van der Waals surface area (Å²) in [6.07, 6.45) is 6.86. The molecule has 3 aromatic heterocycles. The second kappa shape index (κ2) is 7.87. The van der Waals surface area contributed by atoms with E-state index in [-0.39, 0.29) is 5.82 Å². The average molecular weight is 405 g/mol. The number of nitrogens with one attached hydrogen (secondary N) is 1. The molecule has 6 heteroatoms. The van der Waals surface area contributed by atoms with Crippen LogP contribution in [0.15, 0.2) is 54.0 Å². The van der Waals surface area contributed by atoms with Crippen LogP contribution in [0.3, 0.4) is 0 Å². The van der Waals surface area contributed by atoms with Crippen molar-refractivity contribution in [1.82, 2.24) is 15.0 Å². The van der Waals surface area contributed by atoms with E-state index < -0.39 is 0 Å². The molecule has 0 bridgehead atoms. The molecule has 0 amide bonds. The minimum Gasteiger partial charge on any atom is -0.366 e. The molecule has 1 N–H and O–H groups in total. The smallest absolute Gasteiger partial charge is 0.165 e. The van der Waals surface area contributed by atoms with Crippen LogP contribution in [0.1, 0.15) is 36.9 Å². The molecule has 0 aliphatic heterocycles. The number of hydrogen-bond donors (Lipinski definition) is 1. The van der Waals surface area contributed by atoms with Crippen LogP contribution in [-0.4, -0.2) is 21.0 Å². The second-order valence-corrected chi connectivity index (χ2v) is 8.35. The third-order valence-electron chi connectivity index (χ3n) is 5.42. The molecule has 4 aromatic rings. The van der Waals surface area contributed by atoms with Gasteiger partial charge >= 0.3 is 0 Å². The molecule has 4 nitrogen and oxygen atoms in total. The lowest BCUT2D eigenvalue weighted by Gasteiger charge is -2.14. The fourth-order valence-electron chi connectivity index (χ4n) is 3.92. The van der Waals surface area contributed by atoms with Crippen molar-refractivity contribution < 1.29 is 4.39 Å². The molecule has 5 rings (SSSR count). The first-order chi connectivity index (χ1) is 14.3. The number of benzene rings is 1. The van der Waals surface area contributed by atoms with Gasteiger partial charge in [0.05, 0.1) is 21.5 Å². The fourth-order valence-corrected chi connectivity index (χ4v) is 4.70. The predicted molar refractivity (Wildman–Crippen MR) is 116 cm³/mol. The molecular weight excluding hydrogens is 383 g/mol. The Morgan fingerprint density at radius 2 is 1.86 bits per heavy atom. The Morgan fingerprint density at radius 1 is 1.03 bits per heavy atom. The Hall–Kier alpha value is -2.86. The number of rotatable bonds is 5. The monoisotopic (exact) mass is 404 g/mol.